The number of nitrogens with two attached hydrogens (primary N) is 1. The Kier molecular flexibility index (Phi) is 2.59. The molecule has 0 saturated carbocycles. The molecule has 0 saturated heterocycles. The molecule has 5 heteroatoms. The summed E-state index contributed by atoms with van der Waals surface area (Å²) in [5.41, 5.74) is 0.967. The molecule has 0 spiro atoms. The van der Waals surface area contributed by atoms with Gasteiger partial charge in [-0.2, -0.15) is 0 Å². The van der Waals surface area contributed by atoms with E-state index in [0.717, 1.165) is 11.3 Å². The number of rotatable bonds is 1. The number of hydrogen-bond acceptors (Lipinski definition) is 3. The largest absolute Gasteiger partial charge is 0.487 e. The SMILES string of the molecule is Cc1c(S(N)(=O)=O)ccc2c1C(C)(C)C(C)(C)O2. The van der Waals surface area contributed by atoms with Crippen molar-refractivity contribution in [1.82, 2.24) is 0 Å². The molecule has 1 aliphatic rings. The van der Waals surface area contributed by atoms with Crippen LogP contribution in [-0.4, -0.2) is 14.0 Å². The fraction of sp³-hybridized carbons (Fsp3) is 0.538. The van der Waals surface area contributed by atoms with Crippen LogP contribution in [0.3, 0.4) is 0 Å². The maximum atomic E-state index is 11.6. The smallest absolute Gasteiger partial charge is 0.238 e. The molecule has 1 aliphatic heterocycles. The van der Waals surface area contributed by atoms with Crippen LogP contribution in [0.5, 0.6) is 5.75 Å². The van der Waals surface area contributed by atoms with Gasteiger partial charge in [0.15, 0.2) is 0 Å². The molecule has 0 amide bonds. The summed E-state index contributed by atoms with van der Waals surface area (Å²) in [7, 11) is -3.70. The van der Waals surface area contributed by atoms with E-state index in [1.54, 1.807) is 13.0 Å². The van der Waals surface area contributed by atoms with Gasteiger partial charge in [-0.15, -0.1) is 0 Å². The van der Waals surface area contributed by atoms with Gasteiger partial charge in [0.2, 0.25) is 10.0 Å². The minimum absolute atomic E-state index is 0.177. The van der Waals surface area contributed by atoms with Crippen molar-refractivity contribution in [2.24, 2.45) is 5.14 Å². The van der Waals surface area contributed by atoms with Crippen molar-refractivity contribution in [3.05, 3.63) is 23.3 Å². The highest BCUT2D eigenvalue weighted by atomic mass is 32.2. The van der Waals surface area contributed by atoms with E-state index in [0.29, 0.717) is 5.56 Å². The number of ether oxygens (including phenoxy) is 1. The zero-order valence-corrected chi connectivity index (χ0v) is 12.2. The first kappa shape index (κ1) is 13.4. The van der Waals surface area contributed by atoms with E-state index in [9.17, 15) is 8.42 Å². The highest BCUT2D eigenvalue weighted by molar-refractivity contribution is 7.89. The second-order valence-corrected chi connectivity index (χ2v) is 7.37. The lowest BCUT2D eigenvalue weighted by Crippen LogP contribution is -2.42. The average Bonchev–Trinajstić information content (AvgIpc) is 2.31. The Balaban J connectivity index is 2.78. The Morgan fingerprint density at radius 3 is 2.22 bits per heavy atom. The minimum Gasteiger partial charge on any atom is -0.487 e. The van der Waals surface area contributed by atoms with Crippen molar-refractivity contribution in [2.45, 2.75) is 50.5 Å². The van der Waals surface area contributed by atoms with Crippen LogP contribution >= 0.6 is 0 Å². The standard InChI is InChI=1S/C13H19NO3S/c1-8-10(18(14,15)16)7-6-9-11(8)12(2,3)13(4,5)17-9/h6-7H,1-5H3,(H2,14,15,16). The van der Waals surface area contributed by atoms with Crippen LogP contribution in [-0.2, 0) is 15.4 Å². The van der Waals surface area contributed by atoms with Gasteiger partial charge in [-0.3, -0.25) is 0 Å². The summed E-state index contributed by atoms with van der Waals surface area (Å²) in [5.74, 6) is 0.745. The highest BCUT2D eigenvalue weighted by Crippen LogP contribution is 2.51. The summed E-state index contributed by atoms with van der Waals surface area (Å²) in [4.78, 5) is 0.177. The molecule has 1 aromatic rings. The van der Waals surface area contributed by atoms with E-state index in [1.807, 2.05) is 13.8 Å². The van der Waals surface area contributed by atoms with Gasteiger partial charge < -0.3 is 4.74 Å². The van der Waals surface area contributed by atoms with Crippen molar-refractivity contribution in [1.29, 1.82) is 0 Å². The van der Waals surface area contributed by atoms with Gasteiger partial charge >= 0.3 is 0 Å². The topological polar surface area (TPSA) is 69.4 Å². The van der Waals surface area contributed by atoms with Crippen molar-refractivity contribution in [3.63, 3.8) is 0 Å². The van der Waals surface area contributed by atoms with Crippen LogP contribution in [0, 0.1) is 6.92 Å². The Bertz CT molecular complexity index is 615. The van der Waals surface area contributed by atoms with E-state index in [1.165, 1.54) is 6.07 Å². The van der Waals surface area contributed by atoms with Gasteiger partial charge in [-0.05, 0) is 38.5 Å². The number of sulfonamides is 1. The zero-order chi connectivity index (χ0) is 13.9. The molecule has 0 aliphatic carbocycles. The lowest BCUT2D eigenvalue weighted by atomic mass is 9.72. The van der Waals surface area contributed by atoms with E-state index in [2.05, 4.69) is 13.8 Å². The third kappa shape index (κ3) is 1.65. The molecule has 0 fully saturated rings. The Labute approximate surface area is 108 Å². The van der Waals surface area contributed by atoms with Gasteiger partial charge in [0.25, 0.3) is 0 Å². The van der Waals surface area contributed by atoms with Gasteiger partial charge in [0, 0.05) is 11.0 Å². The molecule has 0 aromatic heterocycles. The molecular formula is C13H19NO3S. The third-order valence-electron chi connectivity index (χ3n) is 4.18. The number of hydrogen-bond donors (Lipinski definition) is 1. The number of benzene rings is 1. The van der Waals surface area contributed by atoms with Gasteiger partial charge in [-0.1, -0.05) is 13.8 Å². The zero-order valence-electron chi connectivity index (χ0n) is 11.4. The van der Waals surface area contributed by atoms with E-state index in [-0.39, 0.29) is 15.9 Å². The molecule has 0 unspecified atom stereocenters. The summed E-state index contributed by atoms with van der Waals surface area (Å²) in [6.07, 6.45) is 0. The molecule has 4 nitrogen and oxygen atoms in total. The molecule has 100 valence electrons. The number of primary sulfonamides is 1. The Morgan fingerprint density at radius 2 is 1.72 bits per heavy atom. The second kappa shape index (κ2) is 3.48. The molecule has 0 radical (unpaired) electrons. The van der Waals surface area contributed by atoms with Crippen LogP contribution in [0.4, 0.5) is 0 Å². The van der Waals surface area contributed by atoms with Crippen molar-refractivity contribution in [3.8, 4) is 5.75 Å². The minimum atomic E-state index is -3.70. The normalized spacial score (nSPS) is 20.3. The van der Waals surface area contributed by atoms with Crippen molar-refractivity contribution < 1.29 is 13.2 Å². The van der Waals surface area contributed by atoms with Crippen molar-refractivity contribution >= 4 is 10.0 Å². The lowest BCUT2D eigenvalue weighted by Gasteiger charge is -2.34. The predicted molar refractivity (Wildman–Crippen MR) is 70.3 cm³/mol. The average molecular weight is 269 g/mol. The second-order valence-electron chi connectivity index (χ2n) is 5.84. The first-order valence-corrected chi connectivity index (χ1v) is 7.39. The van der Waals surface area contributed by atoms with Crippen LogP contribution in [0.15, 0.2) is 17.0 Å². The molecule has 1 heterocycles. The van der Waals surface area contributed by atoms with E-state index >= 15 is 0 Å². The van der Waals surface area contributed by atoms with Crippen LogP contribution < -0.4 is 9.88 Å². The number of fused-ring (bicyclic) bond motifs is 1. The molecule has 2 rings (SSSR count). The quantitative estimate of drug-likeness (QED) is 0.848. The molecule has 1 aromatic carbocycles. The van der Waals surface area contributed by atoms with Crippen LogP contribution in [0.1, 0.15) is 38.8 Å². The molecule has 0 bridgehead atoms. The molecule has 18 heavy (non-hydrogen) atoms. The Morgan fingerprint density at radius 1 is 1.17 bits per heavy atom. The summed E-state index contributed by atoms with van der Waals surface area (Å²) in [6.45, 7) is 9.90. The molecule has 2 N–H and O–H groups in total. The van der Waals surface area contributed by atoms with E-state index in [4.69, 9.17) is 9.88 Å². The summed E-state index contributed by atoms with van der Waals surface area (Å²) < 4.78 is 29.0. The first-order valence-electron chi connectivity index (χ1n) is 5.84. The van der Waals surface area contributed by atoms with Gasteiger partial charge in [0.1, 0.15) is 11.4 Å². The first-order chi connectivity index (χ1) is 7.98. The van der Waals surface area contributed by atoms with Crippen LogP contribution in [0.25, 0.3) is 0 Å². The summed E-state index contributed by atoms with van der Waals surface area (Å²) >= 11 is 0. The fourth-order valence-corrected chi connectivity index (χ4v) is 3.33. The van der Waals surface area contributed by atoms with Crippen LogP contribution in [0.2, 0.25) is 0 Å². The van der Waals surface area contributed by atoms with Gasteiger partial charge in [0.05, 0.1) is 4.90 Å². The fourth-order valence-electron chi connectivity index (χ4n) is 2.54. The lowest BCUT2D eigenvalue weighted by molar-refractivity contribution is 0.0711. The highest BCUT2D eigenvalue weighted by Gasteiger charge is 2.49. The van der Waals surface area contributed by atoms with E-state index < -0.39 is 10.0 Å². The monoisotopic (exact) mass is 269 g/mol. The summed E-state index contributed by atoms with van der Waals surface area (Å²) in [6, 6.07) is 3.21. The Hall–Kier alpha value is -1.07. The maximum Gasteiger partial charge on any atom is 0.238 e. The molecular weight excluding hydrogens is 250 g/mol. The third-order valence-corrected chi connectivity index (χ3v) is 5.23. The maximum absolute atomic E-state index is 11.6. The predicted octanol–water partition coefficient (Wildman–Crippen LogP) is 2.09. The van der Waals surface area contributed by atoms with Gasteiger partial charge in [-0.25, -0.2) is 13.6 Å². The summed E-state index contributed by atoms with van der Waals surface area (Å²) in [5, 5.41) is 5.24. The molecule has 0 atom stereocenters. The van der Waals surface area contributed by atoms with Crippen molar-refractivity contribution in [2.75, 3.05) is 0 Å².